The first-order chi connectivity index (χ1) is 12.0. The maximum absolute atomic E-state index is 11.3. The largest absolute Gasteiger partial charge is 0.427 e. The standard InChI is InChI=1S/C19H24N2O4/c1-4-17(21-24-3)16-9-8-14-11-18(23)19(16,20-14)13-6-5-7-15(10-13)25-12(2)22/h5-7,9-10,14,18,20,23H,4,8,11H2,1-3H3. The Bertz CT molecular complexity index is 728. The van der Waals surface area contributed by atoms with Crippen LogP contribution in [0.15, 0.2) is 41.1 Å². The minimum absolute atomic E-state index is 0.205. The Morgan fingerprint density at radius 1 is 1.48 bits per heavy atom. The summed E-state index contributed by atoms with van der Waals surface area (Å²) in [6.45, 7) is 3.38. The molecule has 2 bridgehead atoms. The maximum Gasteiger partial charge on any atom is 0.308 e. The number of carbonyl (C=O) groups is 1. The second-order valence-electron chi connectivity index (χ2n) is 6.45. The van der Waals surface area contributed by atoms with Crippen molar-refractivity contribution in [1.82, 2.24) is 5.32 Å². The lowest BCUT2D eigenvalue weighted by molar-refractivity contribution is -0.131. The van der Waals surface area contributed by atoms with Gasteiger partial charge in [-0.25, -0.2) is 0 Å². The lowest BCUT2D eigenvalue weighted by Crippen LogP contribution is -2.51. The molecular formula is C19H24N2O4. The van der Waals surface area contributed by atoms with Gasteiger partial charge in [0.1, 0.15) is 12.9 Å². The van der Waals surface area contributed by atoms with E-state index in [9.17, 15) is 9.90 Å². The zero-order valence-electron chi connectivity index (χ0n) is 14.8. The van der Waals surface area contributed by atoms with Crippen molar-refractivity contribution >= 4 is 11.7 Å². The molecule has 0 aliphatic carbocycles. The van der Waals surface area contributed by atoms with Gasteiger partial charge in [0.2, 0.25) is 0 Å². The van der Waals surface area contributed by atoms with Crippen LogP contribution in [0.4, 0.5) is 0 Å². The predicted molar refractivity (Wildman–Crippen MR) is 94.4 cm³/mol. The highest BCUT2D eigenvalue weighted by molar-refractivity contribution is 6.02. The molecule has 1 fully saturated rings. The van der Waals surface area contributed by atoms with Gasteiger partial charge in [-0.2, -0.15) is 0 Å². The molecule has 2 N–H and O–H groups in total. The molecule has 0 radical (unpaired) electrons. The summed E-state index contributed by atoms with van der Waals surface area (Å²) in [6.07, 6.45) is 3.70. The van der Waals surface area contributed by atoms with Crippen LogP contribution in [0, 0.1) is 0 Å². The summed E-state index contributed by atoms with van der Waals surface area (Å²) in [5.74, 6) is 0.0885. The Morgan fingerprint density at radius 2 is 2.28 bits per heavy atom. The van der Waals surface area contributed by atoms with Crippen molar-refractivity contribution in [3.63, 3.8) is 0 Å². The quantitative estimate of drug-likeness (QED) is 0.371. The molecule has 0 amide bonds. The molecule has 1 saturated heterocycles. The summed E-state index contributed by atoms with van der Waals surface area (Å²) in [4.78, 5) is 16.3. The van der Waals surface area contributed by atoms with Gasteiger partial charge >= 0.3 is 5.97 Å². The molecule has 25 heavy (non-hydrogen) atoms. The highest BCUT2D eigenvalue weighted by atomic mass is 16.6. The van der Waals surface area contributed by atoms with Gasteiger partial charge in [-0.1, -0.05) is 30.3 Å². The molecule has 0 saturated carbocycles. The number of carbonyl (C=O) groups excluding carboxylic acids is 1. The van der Waals surface area contributed by atoms with Crippen LogP contribution in [0.2, 0.25) is 0 Å². The molecule has 2 aliphatic heterocycles. The van der Waals surface area contributed by atoms with E-state index in [0.29, 0.717) is 18.6 Å². The zero-order chi connectivity index (χ0) is 18.0. The summed E-state index contributed by atoms with van der Waals surface area (Å²) in [7, 11) is 1.52. The van der Waals surface area contributed by atoms with Crippen LogP contribution in [0.5, 0.6) is 5.75 Å². The van der Waals surface area contributed by atoms with Crippen LogP contribution in [0.3, 0.4) is 0 Å². The number of benzene rings is 1. The van der Waals surface area contributed by atoms with Crippen LogP contribution >= 0.6 is 0 Å². The van der Waals surface area contributed by atoms with Gasteiger partial charge in [-0.05, 0) is 37.0 Å². The lowest BCUT2D eigenvalue weighted by atomic mass is 9.76. The third-order valence-corrected chi connectivity index (χ3v) is 4.87. The molecule has 3 unspecified atom stereocenters. The lowest BCUT2D eigenvalue weighted by Gasteiger charge is -2.39. The summed E-state index contributed by atoms with van der Waals surface area (Å²) in [5, 5.41) is 18.7. The number of oxime groups is 1. The van der Waals surface area contributed by atoms with Crippen molar-refractivity contribution in [3.05, 3.63) is 41.5 Å². The number of aliphatic hydroxyl groups is 1. The van der Waals surface area contributed by atoms with E-state index in [-0.39, 0.29) is 12.0 Å². The molecule has 3 atom stereocenters. The van der Waals surface area contributed by atoms with Gasteiger partial charge in [0, 0.05) is 18.5 Å². The van der Waals surface area contributed by atoms with E-state index in [4.69, 9.17) is 9.57 Å². The minimum Gasteiger partial charge on any atom is -0.427 e. The van der Waals surface area contributed by atoms with Crippen LogP contribution in [0.1, 0.15) is 38.7 Å². The van der Waals surface area contributed by atoms with Gasteiger partial charge in [-0.3, -0.25) is 10.1 Å². The number of hydrogen-bond donors (Lipinski definition) is 2. The van der Waals surface area contributed by atoms with Gasteiger partial charge in [0.05, 0.1) is 17.4 Å². The number of ether oxygens (including phenoxy) is 1. The number of aliphatic hydroxyl groups excluding tert-OH is 1. The topological polar surface area (TPSA) is 80.2 Å². The maximum atomic E-state index is 11.3. The van der Waals surface area contributed by atoms with Gasteiger partial charge in [0.25, 0.3) is 0 Å². The van der Waals surface area contributed by atoms with Crippen LogP contribution in [-0.4, -0.2) is 36.0 Å². The number of rotatable bonds is 5. The monoisotopic (exact) mass is 344 g/mol. The highest BCUT2D eigenvalue weighted by Gasteiger charge is 2.53. The number of nitrogens with zero attached hydrogens (tertiary/aromatic N) is 1. The molecule has 2 aliphatic rings. The minimum atomic E-state index is -0.771. The molecule has 1 aromatic rings. The third kappa shape index (κ3) is 3.07. The van der Waals surface area contributed by atoms with Crippen LogP contribution in [-0.2, 0) is 15.2 Å². The molecule has 2 heterocycles. The van der Waals surface area contributed by atoms with Gasteiger partial charge in [0.15, 0.2) is 0 Å². The fraction of sp³-hybridized carbons (Fsp3) is 0.474. The zero-order valence-corrected chi connectivity index (χ0v) is 14.8. The molecule has 1 aromatic carbocycles. The van der Waals surface area contributed by atoms with Crippen molar-refractivity contribution in [1.29, 1.82) is 0 Å². The van der Waals surface area contributed by atoms with Crippen LogP contribution < -0.4 is 10.1 Å². The molecule has 134 valence electrons. The van der Waals surface area contributed by atoms with E-state index in [1.54, 1.807) is 12.1 Å². The first kappa shape index (κ1) is 17.6. The van der Waals surface area contributed by atoms with E-state index < -0.39 is 11.6 Å². The van der Waals surface area contributed by atoms with E-state index in [1.165, 1.54) is 14.0 Å². The molecule has 0 aromatic heterocycles. The molecule has 6 nitrogen and oxygen atoms in total. The summed E-state index contributed by atoms with van der Waals surface area (Å²) >= 11 is 0. The Balaban J connectivity index is 2.11. The van der Waals surface area contributed by atoms with E-state index >= 15 is 0 Å². The van der Waals surface area contributed by atoms with E-state index in [1.807, 2.05) is 19.1 Å². The Morgan fingerprint density at radius 3 is 2.96 bits per heavy atom. The van der Waals surface area contributed by atoms with Gasteiger partial charge in [-0.15, -0.1) is 0 Å². The van der Waals surface area contributed by atoms with Crippen LogP contribution in [0.25, 0.3) is 0 Å². The van der Waals surface area contributed by atoms with Crippen molar-refractivity contribution in [3.8, 4) is 5.75 Å². The van der Waals surface area contributed by atoms with Crippen molar-refractivity contribution in [2.45, 2.75) is 50.8 Å². The predicted octanol–water partition coefficient (Wildman–Crippen LogP) is 2.27. The Labute approximate surface area is 147 Å². The van der Waals surface area contributed by atoms with E-state index in [0.717, 1.165) is 23.3 Å². The number of fused-ring (bicyclic) bond motifs is 2. The van der Waals surface area contributed by atoms with E-state index in [2.05, 4.69) is 16.5 Å². The average molecular weight is 344 g/mol. The average Bonchev–Trinajstić information content (AvgIpc) is 2.85. The first-order valence-corrected chi connectivity index (χ1v) is 8.57. The molecule has 6 heteroatoms. The molecule has 0 spiro atoms. The number of hydrogen-bond acceptors (Lipinski definition) is 6. The normalized spacial score (nSPS) is 28.5. The van der Waals surface area contributed by atoms with Gasteiger partial charge < -0.3 is 14.7 Å². The summed E-state index contributed by atoms with van der Waals surface area (Å²) in [5.41, 5.74) is 1.81. The number of esters is 1. The molecular weight excluding hydrogens is 320 g/mol. The second-order valence-corrected chi connectivity index (χ2v) is 6.45. The van der Waals surface area contributed by atoms with Crippen molar-refractivity contribution < 1.29 is 19.5 Å². The van der Waals surface area contributed by atoms with Crippen molar-refractivity contribution in [2.75, 3.05) is 7.11 Å². The smallest absolute Gasteiger partial charge is 0.308 e. The van der Waals surface area contributed by atoms with Crippen molar-refractivity contribution in [2.24, 2.45) is 5.16 Å². The summed E-state index contributed by atoms with van der Waals surface area (Å²) in [6, 6.07) is 7.51. The fourth-order valence-electron chi connectivity index (χ4n) is 3.92. The molecule has 3 rings (SSSR count). The first-order valence-electron chi connectivity index (χ1n) is 8.57. The Kier molecular flexibility index (Phi) is 4.92. The third-order valence-electron chi connectivity index (χ3n) is 4.87. The summed E-state index contributed by atoms with van der Waals surface area (Å²) < 4.78 is 5.23. The number of nitrogens with one attached hydrogen (secondary N) is 1. The Hall–Kier alpha value is -2.18. The fourth-order valence-corrected chi connectivity index (χ4v) is 3.92. The highest BCUT2D eigenvalue weighted by Crippen LogP contribution is 2.45. The SMILES string of the molecule is CCC(=NOC)C1=CCC2CC(O)C1(c1cccc(OC(C)=O)c1)N2. The second kappa shape index (κ2) is 6.98.